The molecule has 0 radical (unpaired) electrons. The summed E-state index contributed by atoms with van der Waals surface area (Å²) in [6.45, 7) is 0. The van der Waals surface area contributed by atoms with E-state index in [0.717, 1.165) is 15.7 Å². The van der Waals surface area contributed by atoms with Gasteiger partial charge in [0, 0.05) is 11.5 Å². The quantitative estimate of drug-likeness (QED) is 0.429. The molecule has 0 atom stereocenters. The third-order valence-electron chi connectivity index (χ3n) is 3.25. The standard InChI is InChI=1S/C18H16FN3OS3/c19-15-8-4-7-14(9-15)11-25-18-22-21-17(26-18)20-16(23)12-24-10-13-5-2-1-3-6-13/h1-9H,10-12H2,(H,20,21,23). The van der Waals surface area contributed by atoms with Crippen molar-refractivity contribution in [2.75, 3.05) is 11.1 Å². The zero-order chi connectivity index (χ0) is 18.2. The Hall–Kier alpha value is -1.90. The molecule has 0 spiro atoms. The minimum Gasteiger partial charge on any atom is -0.300 e. The topological polar surface area (TPSA) is 54.9 Å². The molecule has 1 aromatic heterocycles. The van der Waals surface area contributed by atoms with E-state index in [1.807, 2.05) is 36.4 Å². The number of halogens is 1. The van der Waals surface area contributed by atoms with Crippen LogP contribution >= 0.6 is 34.9 Å². The maximum absolute atomic E-state index is 13.2. The van der Waals surface area contributed by atoms with Crippen molar-refractivity contribution in [3.05, 3.63) is 71.5 Å². The lowest BCUT2D eigenvalue weighted by molar-refractivity contribution is -0.113. The molecule has 0 saturated carbocycles. The van der Waals surface area contributed by atoms with Gasteiger partial charge in [0.2, 0.25) is 11.0 Å². The van der Waals surface area contributed by atoms with E-state index in [2.05, 4.69) is 15.5 Å². The second-order valence-electron chi connectivity index (χ2n) is 5.32. The fraction of sp³-hybridized carbons (Fsp3) is 0.167. The SMILES string of the molecule is O=C(CSCc1ccccc1)Nc1nnc(SCc2cccc(F)c2)s1. The Kier molecular flexibility index (Phi) is 7.04. The molecule has 0 bridgehead atoms. The minimum atomic E-state index is -0.249. The van der Waals surface area contributed by atoms with Crippen molar-refractivity contribution in [3.8, 4) is 0 Å². The molecule has 0 saturated heterocycles. The number of amides is 1. The number of hydrogen-bond donors (Lipinski definition) is 1. The normalized spacial score (nSPS) is 10.7. The summed E-state index contributed by atoms with van der Waals surface area (Å²) >= 11 is 4.34. The van der Waals surface area contributed by atoms with Gasteiger partial charge in [-0.05, 0) is 23.3 Å². The summed E-state index contributed by atoms with van der Waals surface area (Å²) in [6.07, 6.45) is 0. The van der Waals surface area contributed by atoms with Crippen LogP contribution in [0.1, 0.15) is 11.1 Å². The van der Waals surface area contributed by atoms with Crippen molar-refractivity contribution < 1.29 is 9.18 Å². The average Bonchev–Trinajstić information content (AvgIpc) is 3.08. The molecule has 2 aromatic carbocycles. The minimum absolute atomic E-state index is 0.0937. The molecular weight excluding hydrogens is 389 g/mol. The van der Waals surface area contributed by atoms with Crippen LogP contribution in [-0.2, 0) is 16.3 Å². The molecule has 8 heteroatoms. The van der Waals surface area contributed by atoms with E-state index in [-0.39, 0.29) is 11.7 Å². The lowest BCUT2D eigenvalue weighted by Gasteiger charge is -2.02. The molecule has 134 valence electrons. The van der Waals surface area contributed by atoms with E-state index in [0.29, 0.717) is 16.6 Å². The number of nitrogens with zero attached hydrogens (tertiary/aromatic N) is 2. The van der Waals surface area contributed by atoms with Crippen molar-refractivity contribution >= 4 is 45.9 Å². The van der Waals surface area contributed by atoms with Gasteiger partial charge in [-0.3, -0.25) is 10.1 Å². The Bertz CT molecular complexity index is 858. The zero-order valence-corrected chi connectivity index (χ0v) is 16.2. The van der Waals surface area contributed by atoms with Crippen LogP contribution in [0.5, 0.6) is 0 Å². The predicted octanol–water partition coefficient (Wildman–Crippen LogP) is 4.84. The third-order valence-corrected chi connectivity index (χ3v) is 6.30. The van der Waals surface area contributed by atoms with Crippen LogP contribution in [0.3, 0.4) is 0 Å². The number of hydrogen-bond acceptors (Lipinski definition) is 6. The molecule has 1 heterocycles. The summed E-state index contributed by atoms with van der Waals surface area (Å²) in [5, 5.41) is 11.3. The molecule has 3 aromatic rings. The number of rotatable bonds is 8. The molecule has 3 rings (SSSR count). The van der Waals surface area contributed by atoms with Crippen molar-refractivity contribution in [1.82, 2.24) is 10.2 Å². The largest absolute Gasteiger partial charge is 0.300 e. The molecule has 0 aliphatic carbocycles. The monoisotopic (exact) mass is 405 g/mol. The second kappa shape index (κ2) is 9.70. The van der Waals surface area contributed by atoms with E-state index in [1.54, 1.807) is 17.8 Å². The lowest BCUT2D eigenvalue weighted by Crippen LogP contribution is -2.13. The maximum atomic E-state index is 13.2. The first-order valence-corrected chi connectivity index (χ1v) is 10.8. The Morgan fingerprint density at radius 1 is 1.04 bits per heavy atom. The van der Waals surface area contributed by atoms with Crippen LogP contribution < -0.4 is 5.32 Å². The summed E-state index contributed by atoms with van der Waals surface area (Å²) in [6, 6.07) is 16.5. The van der Waals surface area contributed by atoms with Crippen molar-refractivity contribution in [2.24, 2.45) is 0 Å². The summed E-state index contributed by atoms with van der Waals surface area (Å²) in [5.41, 5.74) is 2.07. The zero-order valence-electron chi connectivity index (χ0n) is 13.7. The van der Waals surface area contributed by atoms with Crippen LogP contribution in [0.4, 0.5) is 9.52 Å². The van der Waals surface area contributed by atoms with Crippen LogP contribution in [-0.4, -0.2) is 21.9 Å². The highest BCUT2D eigenvalue weighted by atomic mass is 32.2. The molecular formula is C18H16FN3OS3. The fourth-order valence-corrected chi connectivity index (χ4v) is 4.58. The van der Waals surface area contributed by atoms with Crippen LogP contribution in [0.25, 0.3) is 0 Å². The first-order chi connectivity index (χ1) is 12.7. The third kappa shape index (κ3) is 6.12. The van der Waals surface area contributed by atoms with Gasteiger partial charge >= 0.3 is 0 Å². The van der Waals surface area contributed by atoms with Gasteiger partial charge in [-0.2, -0.15) is 0 Å². The fourth-order valence-electron chi connectivity index (χ4n) is 2.08. The van der Waals surface area contributed by atoms with Crippen molar-refractivity contribution in [1.29, 1.82) is 0 Å². The molecule has 0 unspecified atom stereocenters. The number of thioether (sulfide) groups is 2. The van der Waals surface area contributed by atoms with Gasteiger partial charge in [0.15, 0.2) is 4.34 Å². The molecule has 1 amide bonds. The Labute approximate surface area is 163 Å². The van der Waals surface area contributed by atoms with Crippen LogP contribution in [0, 0.1) is 5.82 Å². The molecule has 1 N–H and O–H groups in total. The summed E-state index contributed by atoms with van der Waals surface area (Å²) in [4.78, 5) is 12.0. The van der Waals surface area contributed by atoms with Gasteiger partial charge < -0.3 is 0 Å². The van der Waals surface area contributed by atoms with Crippen molar-refractivity contribution in [2.45, 2.75) is 15.8 Å². The summed E-state index contributed by atoms with van der Waals surface area (Å²) in [5.74, 6) is 1.41. The number of anilines is 1. The van der Waals surface area contributed by atoms with Gasteiger partial charge in [-0.1, -0.05) is 65.6 Å². The van der Waals surface area contributed by atoms with E-state index in [9.17, 15) is 9.18 Å². The average molecular weight is 406 g/mol. The molecule has 0 aliphatic rings. The van der Waals surface area contributed by atoms with Gasteiger partial charge in [0.05, 0.1) is 5.75 Å². The molecule has 0 aliphatic heterocycles. The number of carbonyl (C=O) groups is 1. The Morgan fingerprint density at radius 2 is 1.85 bits per heavy atom. The molecule has 0 fully saturated rings. The van der Waals surface area contributed by atoms with Crippen molar-refractivity contribution in [3.63, 3.8) is 0 Å². The predicted molar refractivity (Wildman–Crippen MR) is 107 cm³/mol. The highest BCUT2D eigenvalue weighted by molar-refractivity contribution is 8.00. The maximum Gasteiger partial charge on any atom is 0.236 e. The Morgan fingerprint density at radius 3 is 2.65 bits per heavy atom. The number of aromatic nitrogens is 2. The van der Waals surface area contributed by atoms with Gasteiger partial charge in [-0.25, -0.2) is 4.39 Å². The van der Waals surface area contributed by atoms with E-state index in [4.69, 9.17) is 0 Å². The summed E-state index contributed by atoms with van der Waals surface area (Å²) < 4.78 is 13.9. The second-order valence-corrected chi connectivity index (χ2v) is 8.50. The Balaban J connectivity index is 1.42. The van der Waals surface area contributed by atoms with E-state index in [1.165, 1.54) is 40.8 Å². The van der Waals surface area contributed by atoms with Gasteiger partial charge in [-0.15, -0.1) is 22.0 Å². The number of nitrogens with one attached hydrogen (secondary N) is 1. The van der Waals surface area contributed by atoms with Crippen LogP contribution in [0.15, 0.2) is 58.9 Å². The van der Waals surface area contributed by atoms with Gasteiger partial charge in [0.1, 0.15) is 5.82 Å². The van der Waals surface area contributed by atoms with E-state index < -0.39 is 0 Å². The number of benzene rings is 2. The first kappa shape index (κ1) is 18.9. The molecule has 4 nitrogen and oxygen atoms in total. The van der Waals surface area contributed by atoms with Crippen LogP contribution in [0.2, 0.25) is 0 Å². The highest BCUT2D eigenvalue weighted by Crippen LogP contribution is 2.28. The summed E-state index contributed by atoms with van der Waals surface area (Å²) in [7, 11) is 0. The van der Waals surface area contributed by atoms with E-state index >= 15 is 0 Å². The number of carbonyl (C=O) groups excluding carboxylic acids is 1. The first-order valence-electron chi connectivity index (χ1n) is 7.81. The molecule has 26 heavy (non-hydrogen) atoms. The highest BCUT2D eigenvalue weighted by Gasteiger charge is 2.09. The lowest BCUT2D eigenvalue weighted by atomic mass is 10.2. The van der Waals surface area contributed by atoms with Gasteiger partial charge in [0.25, 0.3) is 0 Å². The smallest absolute Gasteiger partial charge is 0.236 e.